The topological polar surface area (TPSA) is 87.1 Å². The Morgan fingerprint density at radius 2 is 1.77 bits per heavy atom. The van der Waals surface area contributed by atoms with Crippen molar-refractivity contribution >= 4 is 46.1 Å². The quantitative estimate of drug-likeness (QED) is 0.178. The van der Waals surface area contributed by atoms with Gasteiger partial charge in [-0.05, 0) is 61.4 Å². The molecule has 208 valence electrons. The number of thioether (sulfide) groups is 1. The number of carbonyl (C=O) groups excluding carboxylic acids is 1. The summed E-state index contributed by atoms with van der Waals surface area (Å²) in [5.41, 5.74) is 3.39. The zero-order valence-corrected chi connectivity index (χ0v) is 24.1. The van der Waals surface area contributed by atoms with E-state index in [1.165, 1.54) is 11.8 Å². The van der Waals surface area contributed by atoms with Gasteiger partial charge in [0.1, 0.15) is 11.0 Å². The van der Waals surface area contributed by atoms with Gasteiger partial charge in [0, 0.05) is 49.6 Å². The lowest BCUT2D eigenvalue weighted by atomic mass is 9.99. The Morgan fingerprint density at radius 3 is 2.58 bits per heavy atom. The molecular weight excluding hydrogens is 544 g/mol. The number of benzene rings is 2. The van der Waals surface area contributed by atoms with Crippen LogP contribution in [0.4, 0.5) is 5.82 Å². The maximum absolute atomic E-state index is 13.4. The summed E-state index contributed by atoms with van der Waals surface area (Å²) in [5.74, 6) is 2.30. The summed E-state index contributed by atoms with van der Waals surface area (Å²) in [6, 6.07) is 17.5. The number of H-pyrrole nitrogens is 1. The number of para-hydroxylation sites is 2. The van der Waals surface area contributed by atoms with E-state index in [0.717, 1.165) is 67.1 Å². The molecule has 40 heavy (non-hydrogen) atoms. The van der Waals surface area contributed by atoms with Crippen LogP contribution >= 0.6 is 23.4 Å². The van der Waals surface area contributed by atoms with E-state index in [1.807, 2.05) is 64.1 Å². The van der Waals surface area contributed by atoms with Gasteiger partial charge >= 0.3 is 5.69 Å². The molecule has 0 atom stereocenters. The summed E-state index contributed by atoms with van der Waals surface area (Å²) in [7, 11) is 0. The van der Waals surface area contributed by atoms with Crippen molar-refractivity contribution in [3.05, 3.63) is 81.4 Å². The van der Waals surface area contributed by atoms with Gasteiger partial charge < -0.3 is 14.8 Å². The Kier molecular flexibility index (Phi) is 7.85. The molecule has 2 saturated heterocycles. The molecule has 1 amide bonds. The smallest absolute Gasteiger partial charge is 0.326 e. The first kappa shape index (κ1) is 26.9. The SMILES string of the molecule is CC1CCN(c2cc(Cl)nc(SCc3cccc(C(=O)N4CCC(n5c(=O)[nH]c6ccccc65)CC4)c3)n2)CC1. The molecule has 0 aliphatic carbocycles. The van der Waals surface area contributed by atoms with Crippen LogP contribution in [0.1, 0.15) is 54.6 Å². The maximum Gasteiger partial charge on any atom is 0.326 e. The van der Waals surface area contributed by atoms with Crippen molar-refractivity contribution in [2.45, 2.75) is 49.6 Å². The van der Waals surface area contributed by atoms with Crippen LogP contribution in [-0.4, -0.2) is 56.5 Å². The van der Waals surface area contributed by atoms with Gasteiger partial charge in [0.05, 0.1) is 11.0 Å². The van der Waals surface area contributed by atoms with Crippen molar-refractivity contribution in [2.24, 2.45) is 5.92 Å². The van der Waals surface area contributed by atoms with Gasteiger partial charge in [-0.1, -0.05) is 54.6 Å². The van der Waals surface area contributed by atoms with E-state index in [4.69, 9.17) is 16.6 Å². The molecule has 0 saturated carbocycles. The number of anilines is 1. The molecule has 2 aromatic carbocycles. The Labute approximate surface area is 242 Å². The van der Waals surface area contributed by atoms with Crippen LogP contribution in [0, 0.1) is 5.92 Å². The Balaban J connectivity index is 1.08. The normalized spacial score (nSPS) is 17.1. The number of aromatic amines is 1. The molecule has 0 spiro atoms. The third kappa shape index (κ3) is 5.76. The molecule has 2 aliphatic heterocycles. The highest BCUT2D eigenvalue weighted by Gasteiger charge is 2.27. The molecule has 2 aliphatic rings. The summed E-state index contributed by atoms with van der Waals surface area (Å²) in [5, 5.41) is 1.10. The molecule has 1 N–H and O–H groups in total. The molecule has 8 nitrogen and oxygen atoms in total. The van der Waals surface area contributed by atoms with Crippen LogP contribution in [-0.2, 0) is 5.75 Å². The van der Waals surface area contributed by atoms with E-state index in [2.05, 4.69) is 21.8 Å². The lowest BCUT2D eigenvalue weighted by molar-refractivity contribution is 0.0695. The molecule has 10 heteroatoms. The van der Waals surface area contributed by atoms with Gasteiger partial charge in [0.15, 0.2) is 5.16 Å². The zero-order valence-electron chi connectivity index (χ0n) is 22.6. The van der Waals surface area contributed by atoms with Crippen molar-refractivity contribution in [1.29, 1.82) is 0 Å². The Bertz CT molecular complexity index is 1570. The van der Waals surface area contributed by atoms with Crippen molar-refractivity contribution in [3.63, 3.8) is 0 Å². The standard InChI is InChI=1S/C30H33ClN6O2S/c1-20-9-13-35(14-10-20)27-18-26(31)33-29(34-27)40-19-21-5-4-6-22(17-21)28(38)36-15-11-23(12-16-36)37-25-8-3-2-7-24(25)32-30(37)39/h2-8,17-18,20,23H,9-16,19H2,1H3,(H,32,39). The highest BCUT2D eigenvalue weighted by Crippen LogP contribution is 2.29. The third-order valence-electron chi connectivity index (χ3n) is 8.05. The Hall–Kier alpha value is -3.30. The number of hydrogen-bond acceptors (Lipinski definition) is 6. The van der Waals surface area contributed by atoms with Crippen LogP contribution in [0.25, 0.3) is 11.0 Å². The van der Waals surface area contributed by atoms with E-state index in [9.17, 15) is 9.59 Å². The second-order valence-corrected chi connectivity index (χ2v) is 12.2. The molecule has 0 unspecified atom stereocenters. The zero-order chi connectivity index (χ0) is 27.6. The number of amides is 1. The number of likely N-dealkylation sites (tertiary alicyclic amines) is 1. The highest BCUT2D eigenvalue weighted by atomic mass is 35.5. The molecular formula is C30H33ClN6O2S. The maximum atomic E-state index is 13.4. The molecule has 2 aromatic heterocycles. The van der Waals surface area contributed by atoms with Crippen LogP contribution in [0.3, 0.4) is 0 Å². The van der Waals surface area contributed by atoms with Crippen LogP contribution in [0.5, 0.6) is 0 Å². The lowest BCUT2D eigenvalue weighted by Crippen LogP contribution is -2.40. The number of rotatable bonds is 6. The largest absolute Gasteiger partial charge is 0.356 e. The number of hydrogen-bond donors (Lipinski definition) is 1. The predicted molar refractivity (Wildman–Crippen MR) is 160 cm³/mol. The van der Waals surface area contributed by atoms with Crippen molar-refractivity contribution in [3.8, 4) is 0 Å². The summed E-state index contributed by atoms with van der Waals surface area (Å²) in [6.45, 7) is 5.49. The number of piperidine rings is 2. The monoisotopic (exact) mass is 576 g/mol. The van der Waals surface area contributed by atoms with Crippen molar-refractivity contribution < 1.29 is 4.79 Å². The summed E-state index contributed by atoms with van der Waals surface area (Å²) in [6.07, 6.45) is 3.80. The molecule has 4 aromatic rings. The fourth-order valence-electron chi connectivity index (χ4n) is 5.74. The minimum atomic E-state index is -0.0856. The van der Waals surface area contributed by atoms with E-state index >= 15 is 0 Å². The van der Waals surface area contributed by atoms with E-state index < -0.39 is 0 Å². The number of halogens is 1. The molecule has 0 bridgehead atoms. The molecule has 0 radical (unpaired) electrons. The van der Waals surface area contributed by atoms with Gasteiger partial charge in [-0.25, -0.2) is 14.8 Å². The van der Waals surface area contributed by atoms with Crippen molar-refractivity contribution in [1.82, 2.24) is 24.4 Å². The minimum Gasteiger partial charge on any atom is -0.356 e. The first-order valence-electron chi connectivity index (χ1n) is 13.9. The third-order valence-corrected chi connectivity index (χ3v) is 9.16. The Morgan fingerprint density at radius 1 is 1.00 bits per heavy atom. The van der Waals surface area contributed by atoms with E-state index in [1.54, 1.807) is 0 Å². The molecule has 6 rings (SSSR count). The first-order chi connectivity index (χ1) is 19.4. The summed E-state index contributed by atoms with van der Waals surface area (Å²) >= 11 is 7.88. The van der Waals surface area contributed by atoms with Crippen LogP contribution in [0.15, 0.2) is 64.5 Å². The average Bonchev–Trinajstić information content (AvgIpc) is 3.31. The second-order valence-electron chi connectivity index (χ2n) is 10.8. The molecule has 2 fully saturated rings. The predicted octanol–water partition coefficient (Wildman–Crippen LogP) is 5.78. The van der Waals surface area contributed by atoms with Gasteiger partial charge in [0.2, 0.25) is 0 Å². The number of carbonyl (C=O) groups is 1. The summed E-state index contributed by atoms with van der Waals surface area (Å²) < 4.78 is 1.85. The fourth-order valence-corrected chi connectivity index (χ4v) is 6.76. The highest BCUT2D eigenvalue weighted by molar-refractivity contribution is 7.98. The van der Waals surface area contributed by atoms with Crippen LogP contribution < -0.4 is 10.6 Å². The summed E-state index contributed by atoms with van der Waals surface area (Å²) in [4.78, 5) is 42.3. The average molecular weight is 577 g/mol. The van der Waals surface area contributed by atoms with Crippen molar-refractivity contribution in [2.75, 3.05) is 31.1 Å². The van der Waals surface area contributed by atoms with Gasteiger partial charge in [-0.3, -0.25) is 9.36 Å². The lowest BCUT2D eigenvalue weighted by Gasteiger charge is -2.32. The van der Waals surface area contributed by atoms with Gasteiger partial charge in [0.25, 0.3) is 5.91 Å². The number of imidazole rings is 1. The number of nitrogens with zero attached hydrogens (tertiary/aromatic N) is 5. The van der Waals surface area contributed by atoms with Gasteiger partial charge in [-0.15, -0.1) is 0 Å². The number of nitrogens with one attached hydrogen (secondary N) is 1. The fraction of sp³-hybridized carbons (Fsp3) is 0.400. The number of aromatic nitrogens is 4. The number of fused-ring (bicyclic) bond motifs is 1. The van der Waals surface area contributed by atoms with E-state index in [-0.39, 0.29) is 17.6 Å². The minimum absolute atomic E-state index is 0.0252. The van der Waals surface area contributed by atoms with Gasteiger partial charge in [-0.2, -0.15) is 0 Å². The molecule has 4 heterocycles. The first-order valence-corrected chi connectivity index (χ1v) is 15.3. The van der Waals surface area contributed by atoms with Crippen LogP contribution in [0.2, 0.25) is 5.15 Å². The van der Waals surface area contributed by atoms with E-state index in [0.29, 0.717) is 34.7 Å². The second kappa shape index (κ2) is 11.7.